The first-order chi connectivity index (χ1) is 10.00. The molecule has 1 amide bonds. The van der Waals surface area contributed by atoms with Crippen LogP contribution < -0.4 is 0 Å². The Morgan fingerprint density at radius 2 is 2.05 bits per heavy atom. The first-order valence-electron chi connectivity index (χ1n) is 6.88. The summed E-state index contributed by atoms with van der Waals surface area (Å²) in [7, 11) is 0. The number of hydrogen-bond acceptors (Lipinski definition) is 3. The van der Waals surface area contributed by atoms with E-state index in [1.54, 1.807) is 0 Å². The number of Topliss-reactive ketones (excluding diaryl/α,β-unsaturated/α-hetero) is 1. The topological polar surface area (TPSA) is 46.6 Å². The van der Waals surface area contributed by atoms with E-state index in [1.807, 2.05) is 30.3 Å². The van der Waals surface area contributed by atoms with E-state index in [-0.39, 0.29) is 18.3 Å². The largest absolute Gasteiger partial charge is 0.445 e. The van der Waals surface area contributed by atoms with Crippen molar-refractivity contribution in [2.75, 3.05) is 6.54 Å². The summed E-state index contributed by atoms with van der Waals surface area (Å²) in [5.41, 5.74) is 0.909. The number of likely N-dealkylation sites (tertiary alicyclic amines) is 1. The summed E-state index contributed by atoms with van der Waals surface area (Å²) in [6, 6.07) is 8.95. The van der Waals surface area contributed by atoms with Gasteiger partial charge in [-0.3, -0.25) is 4.79 Å². The molecule has 3 rings (SSSR count). The smallest absolute Gasteiger partial charge is 0.410 e. The molecule has 0 bridgehead atoms. The standard InChI is InChI=1S/C15H15Cl2NO3/c16-15(17)12(19)8-11-6-7-18(13(11)15)14(20)21-9-10-4-2-1-3-5-10/h1-5,11,13H,6-9H2. The Morgan fingerprint density at radius 1 is 1.33 bits per heavy atom. The number of amides is 1. The van der Waals surface area contributed by atoms with Gasteiger partial charge in [0.1, 0.15) is 6.61 Å². The number of nitrogens with zero attached hydrogens (tertiary/aromatic N) is 1. The highest BCUT2D eigenvalue weighted by Gasteiger charge is 2.59. The van der Waals surface area contributed by atoms with Crippen molar-refractivity contribution in [3.63, 3.8) is 0 Å². The Kier molecular flexibility index (Phi) is 3.84. The van der Waals surface area contributed by atoms with E-state index >= 15 is 0 Å². The van der Waals surface area contributed by atoms with Gasteiger partial charge in [0.2, 0.25) is 0 Å². The second-order valence-electron chi connectivity index (χ2n) is 5.48. The molecule has 0 N–H and O–H groups in total. The van der Waals surface area contributed by atoms with Gasteiger partial charge < -0.3 is 9.64 Å². The molecule has 2 atom stereocenters. The molecule has 1 saturated heterocycles. The molecule has 0 radical (unpaired) electrons. The Labute approximate surface area is 133 Å². The van der Waals surface area contributed by atoms with Crippen LogP contribution in [0.2, 0.25) is 0 Å². The van der Waals surface area contributed by atoms with Crippen LogP contribution in [0.5, 0.6) is 0 Å². The monoisotopic (exact) mass is 327 g/mol. The molecule has 0 aromatic heterocycles. The van der Waals surface area contributed by atoms with Crippen LogP contribution in [0.4, 0.5) is 4.79 Å². The molecular formula is C15H15Cl2NO3. The molecular weight excluding hydrogens is 313 g/mol. The van der Waals surface area contributed by atoms with Gasteiger partial charge in [0, 0.05) is 13.0 Å². The molecule has 1 heterocycles. The van der Waals surface area contributed by atoms with Crippen molar-refractivity contribution in [1.82, 2.24) is 4.90 Å². The molecule has 6 heteroatoms. The van der Waals surface area contributed by atoms with Gasteiger partial charge in [-0.05, 0) is 17.9 Å². The molecule has 112 valence electrons. The highest BCUT2D eigenvalue weighted by Crippen LogP contribution is 2.48. The molecule has 21 heavy (non-hydrogen) atoms. The molecule has 2 unspecified atom stereocenters. The molecule has 2 aliphatic rings. The fourth-order valence-corrected chi connectivity index (χ4v) is 3.85. The number of fused-ring (bicyclic) bond motifs is 1. The normalized spacial score (nSPS) is 26.8. The van der Waals surface area contributed by atoms with Crippen LogP contribution in [-0.2, 0) is 16.1 Å². The minimum Gasteiger partial charge on any atom is -0.445 e. The average Bonchev–Trinajstić information content (AvgIpc) is 2.98. The van der Waals surface area contributed by atoms with Crippen LogP contribution in [0, 0.1) is 5.92 Å². The number of hydrogen-bond donors (Lipinski definition) is 0. The van der Waals surface area contributed by atoms with E-state index in [4.69, 9.17) is 27.9 Å². The van der Waals surface area contributed by atoms with E-state index in [1.165, 1.54) is 4.90 Å². The van der Waals surface area contributed by atoms with Gasteiger partial charge in [0.05, 0.1) is 6.04 Å². The van der Waals surface area contributed by atoms with E-state index in [0.29, 0.717) is 13.0 Å². The zero-order valence-corrected chi connectivity index (χ0v) is 12.8. The third-order valence-corrected chi connectivity index (χ3v) is 5.02. The molecule has 0 spiro atoms. The van der Waals surface area contributed by atoms with Crippen molar-refractivity contribution >= 4 is 35.1 Å². The van der Waals surface area contributed by atoms with Gasteiger partial charge in [-0.2, -0.15) is 0 Å². The van der Waals surface area contributed by atoms with Crippen molar-refractivity contribution in [2.24, 2.45) is 5.92 Å². The Hall–Kier alpha value is -1.26. The summed E-state index contributed by atoms with van der Waals surface area (Å²) in [6.07, 6.45) is 0.602. The maximum Gasteiger partial charge on any atom is 0.410 e. The predicted molar refractivity (Wildman–Crippen MR) is 79.3 cm³/mol. The molecule has 1 aromatic rings. The van der Waals surface area contributed by atoms with E-state index in [9.17, 15) is 9.59 Å². The van der Waals surface area contributed by atoms with Gasteiger partial charge >= 0.3 is 6.09 Å². The average molecular weight is 328 g/mol. The Morgan fingerprint density at radius 3 is 2.76 bits per heavy atom. The second kappa shape index (κ2) is 5.50. The predicted octanol–water partition coefficient (Wildman–Crippen LogP) is 3.16. The van der Waals surface area contributed by atoms with Crippen molar-refractivity contribution in [3.8, 4) is 0 Å². The Bertz CT molecular complexity index is 561. The summed E-state index contributed by atoms with van der Waals surface area (Å²) < 4.78 is 3.80. The Balaban J connectivity index is 1.67. The summed E-state index contributed by atoms with van der Waals surface area (Å²) in [5, 5.41) is 0. The van der Waals surface area contributed by atoms with Crippen LogP contribution >= 0.6 is 23.2 Å². The van der Waals surface area contributed by atoms with Crippen molar-refractivity contribution < 1.29 is 14.3 Å². The first-order valence-corrected chi connectivity index (χ1v) is 7.64. The zero-order chi connectivity index (χ0) is 15.0. The summed E-state index contributed by atoms with van der Waals surface area (Å²) in [4.78, 5) is 25.5. The number of ketones is 1. The molecule has 1 aliphatic heterocycles. The fraction of sp³-hybridized carbons (Fsp3) is 0.467. The lowest BCUT2D eigenvalue weighted by atomic mass is 10.0. The number of carbonyl (C=O) groups is 2. The summed E-state index contributed by atoms with van der Waals surface area (Å²) in [5.74, 6) is -0.168. The second-order valence-corrected chi connectivity index (χ2v) is 6.86. The first kappa shape index (κ1) is 14.7. The van der Waals surface area contributed by atoms with Crippen LogP contribution in [-0.4, -0.2) is 33.7 Å². The minimum absolute atomic E-state index is 0.0387. The maximum atomic E-state index is 12.2. The van der Waals surface area contributed by atoms with Gasteiger partial charge in [-0.15, -0.1) is 0 Å². The van der Waals surface area contributed by atoms with Crippen LogP contribution in [0.3, 0.4) is 0 Å². The highest BCUT2D eigenvalue weighted by atomic mass is 35.5. The molecule has 1 aliphatic carbocycles. The highest BCUT2D eigenvalue weighted by molar-refractivity contribution is 6.59. The third-order valence-electron chi connectivity index (χ3n) is 4.15. The fourth-order valence-electron chi connectivity index (χ4n) is 3.11. The lowest BCUT2D eigenvalue weighted by molar-refractivity contribution is -0.118. The number of carbonyl (C=O) groups excluding carboxylic acids is 2. The van der Waals surface area contributed by atoms with Gasteiger partial charge in [0.25, 0.3) is 0 Å². The molecule has 1 saturated carbocycles. The summed E-state index contributed by atoms with van der Waals surface area (Å²) >= 11 is 12.3. The lowest BCUT2D eigenvalue weighted by Crippen LogP contribution is -2.47. The van der Waals surface area contributed by atoms with Crippen molar-refractivity contribution in [3.05, 3.63) is 35.9 Å². The number of rotatable bonds is 2. The third kappa shape index (κ3) is 2.62. The summed E-state index contributed by atoms with van der Waals surface area (Å²) in [6.45, 7) is 0.719. The zero-order valence-electron chi connectivity index (χ0n) is 11.3. The van der Waals surface area contributed by atoms with Gasteiger partial charge in [-0.1, -0.05) is 53.5 Å². The van der Waals surface area contributed by atoms with Crippen LogP contribution in [0.1, 0.15) is 18.4 Å². The SMILES string of the molecule is O=C(OCc1ccccc1)N1CCC2CC(=O)C(Cl)(Cl)C21. The van der Waals surface area contributed by atoms with Gasteiger partial charge in [0.15, 0.2) is 10.1 Å². The maximum absolute atomic E-state index is 12.2. The van der Waals surface area contributed by atoms with Crippen LogP contribution in [0.25, 0.3) is 0 Å². The van der Waals surface area contributed by atoms with E-state index in [2.05, 4.69) is 0 Å². The molecule has 2 fully saturated rings. The van der Waals surface area contributed by atoms with Crippen molar-refractivity contribution in [1.29, 1.82) is 0 Å². The van der Waals surface area contributed by atoms with E-state index < -0.39 is 16.5 Å². The number of alkyl halides is 2. The van der Waals surface area contributed by atoms with Crippen molar-refractivity contribution in [2.45, 2.75) is 29.8 Å². The van der Waals surface area contributed by atoms with Gasteiger partial charge in [-0.25, -0.2) is 4.79 Å². The quantitative estimate of drug-likeness (QED) is 0.784. The number of ether oxygens (including phenoxy) is 1. The number of benzene rings is 1. The van der Waals surface area contributed by atoms with E-state index in [0.717, 1.165) is 12.0 Å². The molecule has 1 aromatic carbocycles. The minimum atomic E-state index is -1.51. The number of halogens is 2. The molecule has 4 nitrogen and oxygen atoms in total. The lowest BCUT2D eigenvalue weighted by Gasteiger charge is -2.29. The van der Waals surface area contributed by atoms with Crippen LogP contribution in [0.15, 0.2) is 30.3 Å².